The summed E-state index contributed by atoms with van der Waals surface area (Å²) in [6, 6.07) is 0. The second-order valence-corrected chi connectivity index (χ2v) is 10.3. The first-order valence-corrected chi connectivity index (χ1v) is 12.4. The van der Waals surface area contributed by atoms with E-state index < -0.39 is 11.7 Å². The van der Waals surface area contributed by atoms with Crippen molar-refractivity contribution in [2.45, 2.75) is 72.0 Å². The van der Waals surface area contributed by atoms with Crippen LogP contribution in [0, 0.1) is 0 Å². The third kappa shape index (κ3) is 19.8. The molecule has 1 rings (SSSR count). The Morgan fingerprint density at radius 3 is 2.14 bits per heavy atom. The number of hydrogen-bond acceptors (Lipinski definition) is 9. The van der Waals surface area contributed by atoms with Gasteiger partial charge < -0.3 is 24.5 Å². The summed E-state index contributed by atoms with van der Waals surface area (Å²) in [4.78, 5) is 43.6. The molecule has 1 saturated heterocycles. The van der Waals surface area contributed by atoms with Gasteiger partial charge in [-0.05, 0) is 54.4 Å². The number of nitrogens with one attached hydrogen (secondary N) is 3. The van der Waals surface area contributed by atoms with Crippen molar-refractivity contribution >= 4 is 24.1 Å². The minimum absolute atomic E-state index is 0.0417. The fourth-order valence-electron chi connectivity index (χ4n) is 2.73. The lowest BCUT2D eigenvalue weighted by Gasteiger charge is -2.31. The van der Waals surface area contributed by atoms with Crippen molar-refractivity contribution in [1.29, 1.82) is 0 Å². The van der Waals surface area contributed by atoms with Gasteiger partial charge in [-0.3, -0.25) is 19.9 Å². The fraction of sp³-hybridized carbons (Fsp3) is 0.833. The maximum atomic E-state index is 11.8. The van der Waals surface area contributed by atoms with Gasteiger partial charge >= 0.3 is 6.09 Å². The van der Waals surface area contributed by atoms with Gasteiger partial charge in [-0.1, -0.05) is 5.16 Å². The van der Waals surface area contributed by atoms with Gasteiger partial charge in [-0.2, -0.15) is 0 Å². The molecule has 0 saturated carbocycles. The van der Waals surface area contributed by atoms with Gasteiger partial charge in [0, 0.05) is 53.4 Å². The second-order valence-electron chi connectivity index (χ2n) is 10.3. The number of carbonyl (C=O) groups excluding carboxylic acids is 3. The van der Waals surface area contributed by atoms with E-state index in [0.29, 0.717) is 51.3 Å². The predicted molar refractivity (Wildman–Crippen MR) is 140 cm³/mol. The molecule has 3 amide bonds. The number of carbonyl (C=O) groups is 3. The maximum Gasteiger partial charge on any atom is 0.407 e. The van der Waals surface area contributed by atoms with E-state index in [4.69, 9.17) is 14.3 Å². The second kappa shape index (κ2) is 17.9. The van der Waals surface area contributed by atoms with Gasteiger partial charge in [0.2, 0.25) is 12.3 Å². The van der Waals surface area contributed by atoms with Crippen LogP contribution in [-0.4, -0.2) is 105 Å². The van der Waals surface area contributed by atoms with Gasteiger partial charge in [0.25, 0.3) is 0 Å². The molecule has 1 aliphatic rings. The number of nitrogens with zero attached hydrogens (tertiary/aromatic N) is 3. The van der Waals surface area contributed by atoms with Crippen molar-refractivity contribution in [1.82, 2.24) is 26.0 Å². The average molecular weight is 517 g/mol. The van der Waals surface area contributed by atoms with Gasteiger partial charge in [-0.25, -0.2) is 10.2 Å². The molecule has 36 heavy (non-hydrogen) atoms. The highest BCUT2D eigenvalue weighted by atomic mass is 16.6. The largest absolute Gasteiger partial charge is 0.444 e. The molecule has 0 spiro atoms. The predicted octanol–water partition coefficient (Wildman–Crippen LogP) is 1.51. The number of amides is 3. The molecule has 0 atom stereocenters. The minimum Gasteiger partial charge on any atom is -0.444 e. The van der Waals surface area contributed by atoms with Crippen molar-refractivity contribution in [2.24, 2.45) is 5.16 Å². The molecule has 3 N–H and O–H groups in total. The zero-order valence-electron chi connectivity index (χ0n) is 23.4. The maximum absolute atomic E-state index is 11.8. The molecule has 12 nitrogen and oxygen atoms in total. The first-order valence-electron chi connectivity index (χ1n) is 12.4. The highest BCUT2D eigenvalue weighted by Crippen LogP contribution is 2.07. The molecule has 0 bridgehead atoms. The Bertz CT molecular complexity index is 667. The van der Waals surface area contributed by atoms with Crippen LogP contribution in [0.4, 0.5) is 4.79 Å². The quantitative estimate of drug-likeness (QED) is 0.154. The molecule has 0 radical (unpaired) electrons. The Balaban J connectivity index is 0.00000181. The molecule has 0 unspecified atom stereocenters. The van der Waals surface area contributed by atoms with Crippen LogP contribution >= 0.6 is 0 Å². The van der Waals surface area contributed by atoms with Crippen molar-refractivity contribution in [3.05, 3.63) is 0 Å². The first kappa shape index (κ1) is 33.6. The smallest absolute Gasteiger partial charge is 0.407 e. The summed E-state index contributed by atoms with van der Waals surface area (Å²) in [6.07, 6.45) is 1.61. The summed E-state index contributed by atoms with van der Waals surface area (Å²) in [5.41, 5.74) is 5.19. The van der Waals surface area contributed by atoms with Crippen LogP contribution in [0.25, 0.3) is 0 Å². The number of ether oxygens (including phenoxy) is 2. The lowest BCUT2D eigenvalue weighted by molar-refractivity contribution is -0.121. The summed E-state index contributed by atoms with van der Waals surface area (Å²) in [5.74, 6) is -0.218. The third-order valence-corrected chi connectivity index (χ3v) is 4.80. The van der Waals surface area contributed by atoms with Crippen LogP contribution < -0.4 is 16.2 Å². The van der Waals surface area contributed by atoms with Crippen LogP contribution in [0.15, 0.2) is 5.16 Å². The number of piperazine rings is 1. The molecular weight excluding hydrogens is 468 g/mol. The van der Waals surface area contributed by atoms with E-state index in [1.165, 1.54) is 0 Å². The van der Waals surface area contributed by atoms with E-state index in [1.807, 2.05) is 20.8 Å². The summed E-state index contributed by atoms with van der Waals surface area (Å²) in [5, 5.41) is 6.81. The van der Waals surface area contributed by atoms with Crippen LogP contribution in [0.1, 0.15) is 60.8 Å². The van der Waals surface area contributed by atoms with Crippen molar-refractivity contribution in [3.8, 4) is 0 Å². The topological polar surface area (TPSA) is 134 Å². The van der Waals surface area contributed by atoms with Crippen LogP contribution in [0.2, 0.25) is 0 Å². The molecule has 1 aliphatic heterocycles. The normalized spacial score (nSPS) is 14.9. The SMILES string of the molecule is CNNC(=O)C/C(CCCNC(=O)OC(C)(C)C)=N/OCCN1CCN(C=O)CC1.COC(C)(C)C. The monoisotopic (exact) mass is 516 g/mol. The summed E-state index contributed by atoms with van der Waals surface area (Å²) < 4.78 is 10.1. The lowest BCUT2D eigenvalue weighted by Crippen LogP contribution is -2.46. The van der Waals surface area contributed by atoms with Crippen molar-refractivity contribution < 1.29 is 28.7 Å². The van der Waals surface area contributed by atoms with Gasteiger partial charge in [0.05, 0.1) is 17.7 Å². The number of hydrazine groups is 1. The standard InChI is InChI=1S/C19H36N6O5.C5H12O/c1-19(2,3)30-18(28)21-7-5-6-16(14-17(27)22-20-4)23-29-13-12-24-8-10-25(15-26)11-9-24;1-5(2,3)6-4/h15,20H,5-14H2,1-4H3,(H,21,28)(H,22,27);1-4H3/b23-16+;. The summed E-state index contributed by atoms with van der Waals surface area (Å²) in [7, 11) is 3.32. The average Bonchev–Trinajstić information content (AvgIpc) is 2.78. The van der Waals surface area contributed by atoms with E-state index in [0.717, 1.165) is 19.5 Å². The zero-order valence-corrected chi connectivity index (χ0v) is 23.4. The number of rotatable bonds is 12. The van der Waals surface area contributed by atoms with E-state index in [2.05, 4.69) is 26.2 Å². The number of hydrogen-bond donors (Lipinski definition) is 3. The Hall–Kier alpha value is -2.44. The van der Waals surface area contributed by atoms with Crippen LogP contribution in [-0.2, 0) is 23.9 Å². The highest BCUT2D eigenvalue weighted by Gasteiger charge is 2.16. The Morgan fingerprint density at radius 1 is 1.03 bits per heavy atom. The summed E-state index contributed by atoms with van der Waals surface area (Å²) in [6.45, 7) is 16.0. The minimum atomic E-state index is -0.546. The van der Waals surface area contributed by atoms with E-state index in [-0.39, 0.29) is 17.9 Å². The number of methoxy groups -OCH3 is 1. The highest BCUT2D eigenvalue weighted by molar-refractivity contribution is 6.00. The first-order chi connectivity index (χ1) is 16.8. The molecule has 210 valence electrons. The van der Waals surface area contributed by atoms with Gasteiger partial charge in [0.15, 0.2) is 0 Å². The van der Waals surface area contributed by atoms with Crippen molar-refractivity contribution in [2.75, 3.05) is 60.0 Å². The fourth-order valence-corrected chi connectivity index (χ4v) is 2.73. The van der Waals surface area contributed by atoms with Gasteiger partial charge in [-0.15, -0.1) is 0 Å². The third-order valence-electron chi connectivity index (χ3n) is 4.80. The number of oxime groups is 1. The van der Waals surface area contributed by atoms with Crippen molar-refractivity contribution in [3.63, 3.8) is 0 Å². The molecular formula is C24H48N6O6. The molecule has 0 aromatic rings. The van der Waals surface area contributed by atoms with Crippen LogP contribution in [0.3, 0.4) is 0 Å². The Labute approximate surface area is 216 Å². The van der Waals surface area contributed by atoms with E-state index in [1.54, 1.807) is 39.8 Å². The zero-order chi connectivity index (χ0) is 27.6. The van der Waals surface area contributed by atoms with Gasteiger partial charge in [0.1, 0.15) is 12.2 Å². The van der Waals surface area contributed by atoms with Crippen LogP contribution in [0.5, 0.6) is 0 Å². The Kier molecular flexibility index (Phi) is 16.7. The Morgan fingerprint density at radius 2 is 1.64 bits per heavy atom. The molecule has 1 heterocycles. The van der Waals surface area contributed by atoms with E-state index >= 15 is 0 Å². The summed E-state index contributed by atoms with van der Waals surface area (Å²) >= 11 is 0. The van der Waals surface area contributed by atoms with E-state index in [9.17, 15) is 14.4 Å². The number of alkyl carbamates (subject to hydrolysis) is 1. The molecule has 12 heteroatoms. The molecule has 0 aromatic heterocycles. The molecule has 0 aromatic carbocycles. The molecule has 0 aliphatic carbocycles. The lowest BCUT2D eigenvalue weighted by atomic mass is 10.1. The molecule has 1 fully saturated rings.